The van der Waals surface area contributed by atoms with Crippen LogP contribution in [-0.2, 0) is 9.53 Å². The van der Waals surface area contributed by atoms with Gasteiger partial charge in [0.1, 0.15) is 11.6 Å². The number of halogens is 1. The van der Waals surface area contributed by atoms with E-state index in [4.69, 9.17) is 9.47 Å². The van der Waals surface area contributed by atoms with Crippen LogP contribution in [0.1, 0.15) is 11.7 Å². The number of esters is 1. The summed E-state index contributed by atoms with van der Waals surface area (Å²) in [5.74, 6) is -0.460. The quantitative estimate of drug-likeness (QED) is 0.792. The number of carbonyl (C=O) groups excluding carboxylic acids is 1. The summed E-state index contributed by atoms with van der Waals surface area (Å²) in [6.45, 7) is 0. The van der Waals surface area contributed by atoms with Crippen LogP contribution in [0.25, 0.3) is 0 Å². The van der Waals surface area contributed by atoms with E-state index in [2.05, 4.69) is 0 Å². The Morgan fingerprint density at radius 1 is 1.05 bits per heavy atom. The molecule has 0 unspecified atom stereocenters. The Labute approximate surface area is 110 Å². The summed E-state index contributed by atoms with van der Waals surface area (Å²) in [5.41, 5.74) is 0.679. The molecule has 3 nitrogen and oxygen atoms in total. The predicted octanol–water partition coefficient (Wildman–Crippen LogP) is 3.12. The van der Waals surface area contributed by atoms with Gasteiger partial charge in [-0.15, -0.1) is 0 Å². The standard InChI is InChI=1S/C15H13FO3/c1-18-15(17)14(11-5-3-2-4-6-11)19-13-9-7-12(16)8-10-13/h2-10,14H,1H3/t14-/m0/s1. The number of hydrogen-bond acceptors (Lipinski definition) is 3. The average Bonchev–Trinajstić information content (AvgIpc) is 2.47. The van der Waals surface area contributed by atoms with Crippen molar-refractivity contribution >= 4 is 5.97 Å². The van der Waals surface area contributed by atoms with E-state index in [1.54, 1.807) is 24.3 Å². The van der Waals surface area contributed by atoms with Crippen LogP contribution in [0.15, 0.2) is 54.6 Å². The van der Waals surface area contributed by atoms with Gasteiger partial charge >= 0.3 is 5.97 Å². The van der Waals surface area contributed by atoms with Gasteiger partial charge in [0, 0.05) is 5.56 Å². The lowest BCUT2D eigenvalue weighted by Crippen LogP contribution is -2.20. The summed E-state index contributed by atoms with van der Waals surface area (Å²) in [6.07, 6.45) is -0.864. The van der Waals surface area contributed by atoms with E-state index in [9.17, 15) is 9.18 Å². The molecule has 0 aliphatic carbocycles. The number of benzene rings is 2. The lowest BCUT2D eigenvalue weighted by Gasteiger charge is -2.17. The molecule has 0 aromatic heterocycles. The molecule has 0 bridgehead atoms. The van der Waals surface area contributed by atoms with E-state index < -0.39 is 12.1 Å². The summed E-state index contributed by atoms with van der Waals surface area (Å²) in [7, 11) is 1.30. The zero-order valence-corrected chi connectivity index (χ0v) is 10.4. The van der Waals surface area contributed by atoms with Gasteiger partial charge in [0.15, 0.2) is 0 Å². The topological polar surface area (TPSA) is 35.5 Å². The molecule has 0 aliphatic heterocycles. The average molecular weight is 260 g/mol. The zero-order valence-electron chi connectivity index (χ0n) is 10.4. The molecule has 98 valence electrons. The van der Waals surface area contributed by atoms with Gasteiger partial charge in [-0.1, -0.05) is 30.3 Å². The van der Waals surface area contributed by atoms with E-state index in [-0.39, 0.29) is 5.82 Å². The molecule has 0 amide bonds. The highest BCUT2D eigenvalue weighted by atomic mass is 19.1. The first-order valence-corrected chi connectivity index (χ1v) is 5.75. The van der Waals surface area contributed by atoms with Gasteiger partial charge in [-0.2, -0.15) is 0 Å². The fourth-order valence-corrected chi connectivity index (χ4v) is 1.64. The van der Waals surface area contributed by atoms with E-state index in [0.29, 0.717) is 11.3 Å². The third-order valence-electron chi connectivity index (χ3n) is 2.59. The van der Waals surface area contributed by atoms with Crippen LogP contribution in [0.4, 0.5) is 4.39 Å². The summed E-state index contributed by atoms with van der Waals surface area (Å²) < 4.78 is 23.1. The molecule has 2 rings (SSSR count). The molecule has 0 aliphatic rings. The Morgan fingerprint density at radius 3 is 2.26 bits per heavy atom. The van der Waals surface area contributed by atoms with E-state index in [0.717, 1.165) is 0 Å². The van der Waals surface area contributed by atoms with Crippen LogP contribution in [-0.4, -0.2) is 13.1 Å². The molecule has 0 saturated heterocycles. The second-order valence-corrected chi connectivity index (χ2v) is 3.89. The minimum Gasteiger partial charge on any atom is -0.474 e. The van der Waals surface area contributed by atoms with Crippen LogP contribution in [0.5, 0.6) is 5.75 Å². The van der Waals surface area contributed by atoms with Crippen LogP contribution in [0.2, 0.25) is 0 Å². The number of rotatable bonds is 4. The molecule has 4 heteroatoms. The van der Waals surface area contributed by atoms with Crippen molar-refractivity contribution in [1.82, 2.24) is 0 Å². The molecule has 0 fully saturated rings. The lowest BCUT2D eigenvalue weighted by molar-refractivity contribution is -0.149. The fraction of sp³-hybridized carbons (Fsp3) is 0.133. The normalized spacial score (nSPS) is 11.7. The first-order valence-electron chi connectivity index (χ1n) is 5.75. The Morgan fingerprint density at radius 2 is 1.68 bits per heavy atom. The summed E-state index contributed by atoms with van der Waals surface area (Å²) in [4.78, 5) is 11.8. The molecule has 0 spiro atoms. The summed E-state index contributed by atoms with van der Waals surface area (Å²) in [5, 5.41) is 0. The van der Waals surface area contributed by atoms with Crippen molar-refractivity contribution < 1.29 is 18.7 Å². The molecule has 0 saturated carbocycles. The van der Waals surface area contributed by atoms with Gasteiger partial charge < -0.3 is 9.47 Å². The second kappa shape index (κ2) is 6.00. The highest BCUT2D eigenvalue weighted by Crippen LogP contribution is 2.23. The van der Waals surface area contributed by atoms with Crippen molar-refractivity contribution in [2.24, 2.45) is 0 Å². The fourth-order valence-electron chi connectivity index (χ4n) is 1.64. The molecule has 0 radical (unpaired) electrons. The van der Waals surface area contributed by atoms with Crippen molar-refractivity contribution in [3.05, 3.63) is 66.0 Å². The van der Waals surface area contributed by atoms with Crippen LogP contribution in [0.3, 0.4) is 0 Å². The van der Waals surface area contributed by atoms with Crippen molar-refractivity contribution in [3.8, 4) is 5.75 Å². The van der Waals surface area contributed by atoms with Crippen LogP contribution in [0, 0.1) is 5.82 Å². The SMILES string of the molecule is COC(=O)[C@@H](Oc1ccc(F)cc1)c1ccccc1. The van der Waals surface area contributed by atoms with E-state index in [1.807, 2.05) is 6.07 Å². The van der Waals surface area contributed by atoms with Crippen molar-refractivity contribution in [2.45, 2.75) is 6.10 Å². The number of ether oxygens (including phenoxy) is 2. The van der Waals surface area contributed by atoms with Crippen molar-refractivity contribution in [3.63, 3.8) is 0 Å². The molecule has 0 N–H and O–H groups in total. The second-order valence-electron chi connectivity index (χ2n) is 3.89. The van der Waals surface area contributed by atoms with Crippen molar-refractivity contribution in [2.75, 3.05) is 7.11 Å². The first kappa shape index (κ1) is 13.1. The third kappa shape index (κ3) is 3.31. The molecular weight excluding hydrogens is 247 g/mol. The highest BCUT2D eigenvalue weighted by molar-refractivity contribution is 5.76. The molecule has 2 aromatic carbocycles. The van der Waals surface area contributed by atoms with Crippen LogP contribution < -0.4 is 4.74 Å². The largest absolute Gasteiger partial charge is 0.474 e. The smallest absolute Gasteiger partial charge is 0.351 e. The molecule has 1 atom stereocenters. The Hall–Kier alpha value is -2.36. The van der Waals surface area contributed by atoms with Gasteiger partial charge in [-0.3, -0.25) is 0 Å². The van der Waals surface area contributed by atoms with Crippen molar-refractivity contribution in [1.29, 1.82) is 0 Å². The van der Waals surface area contributed by atoms with E-state index in [1.165, 1.54) is 31.4 Å². The van der Waals surface area contributed by atoms with Gasteiger partial charge in [-0.05, 0) is 24.3 Å². The highest BCUT2D eigenvalue weighted by Gasteiger charge is 2.23. The monoisotopic (exact) mass is 260 g/mol. The number of carbonyl (C=O) groups is 1. The number of methoxy groups -OCH3 is 1. The predicted molar refractivity (Wildman–Crippen MR) is 68.2 cm³/mol. The van der Waals surface area contributed by atoms with Gasteiger partial charge in [-0.25, -0.2) is 9.18 Å². The minimum absolute atomic E-state index is 0.360. The zero-order chi connectivity index (χ0) is 13.7. The third-order valence-corrected chi connectivity index (χ3v) is 2.59. The maximum atomic E-state index is 12.8. The Bertz CT molecular complexity index is 537. The summed E-state index contributed by atoms with van der Waals surface area (Å²) >= 11 is 0. The molecule has 2 aromatic rings. The van der Waals surface area contributed by atoms with Crippen LogP contribution >= 0.6 is 0 Å². The Balaban J connectivity index is 2.24. The minimum atomic E-state index is -0.864. The molecule has 19 heavy (non-hydrogen) atoms. The molecular formula is C15H13FO3. The summed E-state index contributed by atoms with van der Waals surface area (Å²) in [6, 6.07) is 14.5. The maximum Gasteiger partial charge on any atom is 0.351 e. The Kier molecular flexibility index (Phi) is 4.13. The lowest BCUT2D eigenvalue weighted by atomic mass is 10.1. The molecule has 0 heterocycles. The van der Waals surface area contributed by atoms with Gasteiger partial charge in [0.05, 0.1) is 7.11 Å². The first-order chi connectivity index (χ1) is 9.20. The van der Waals surface area contributed by atoms with Gasteiger partial charge in [0.25, 0.3) is 0 Å². The maximum absolute atomic E-state index is 12.8. The number of hydrogen-bond donors (Lipinski definition) is 0. The van der Waals surface area contributed by atoms with E-state index >= 15 is 0 Å². The van der Waals surface area contributed by atoms with Gasteiger partial charge in [0.2, 0.25) is 6.10 Å².